The Morgan fingerprint density at radius 1 is 1.39 bits per heavy atom. The van der Waals surface area contributed by atoms with E-state index in [9.17, 15) is 4.39 Å². The molecule has 0 aliphatic heterocycles. The van der Waals surface area contributed by atoms with Crippen molar-refractivity contribution < 1.29 is 4.39 Å². The van der Waals surface area contributed by atoms with Crippen LogP contribution in [0.25, 0.3) is 0 Å². The van der Waals surface area contributed by atoms with E-state index in [-0.39, 0.29) is 10.6 Å². The summed E-state index contributed by atoms with van der Waals surface area (Å²) in [4.78, 5) is 4.06. The molecule has 2 rings (SSSR count). The van der Waals surface area contributed by atoms with Crippen LogP contribution in [0.1, 0.15) is 16.0 Å². The van der Waals surface area contributed by atoms with E-state index >= 15 is 0 Å². The van der Waals surface area contributed by atoms with Gasteiger partial charge in [-0.1, -0.05) is 33.6 Å². The molecule has 0 saturated carbocycles. The highest BCUT2D eigenvalue weighted by molar-refractivity contribution is 14.1. The van der Waals surface area contributed by atoms with Crippen LogP contribution in [0.2, 0.25) is 5.02 Å². The van der Waals surface area contributed by atoms with Gasteiger partial charge >= 0.3 is 0 Å². The van der Waals surface area contributed by atoms with Crippen LogP contribution in [-0.4, -0.2) is 4.98 Å². The average molecular weight is 440 g/mol. The normalized spacial score (nSPS) is 12.4. The molecule has 94 valence electrons. The summed E-state index contributed by atoms with van der Waals surface area (Å²) < 4.78 is 14.0. The highest BCUT2D eigenvalue weighted by atomic mass is 127. The average Bonchev–Trinajstić information content (AvgIpc) is 2.32. The molecule has 0 aliphatic rings. The molecule has 1 heterocycles. The molecule has 1 aromatic heterocycles. The van der Waals surface area contributed by atoms with Crippen molar-refractivity contribution in [1.82, 2.24) is 4.98 Å². The van der Waals surface area contributed by atoms with Gasteiger partial charge in [-0.2, -0.15) is 0 Å². The van der Waals surface area contributed by atoms with E-state index in [1.54, 1.807) is 18.5 Å². The van der Waals surface area contributed by atoms with E-state index < -0.39 is 0 Å². The lowest BCUT2D eigenvalue weighted by Crippen LogP contribution is -1.99. The van der Waals surface area contributed by atoms with Crippen LogP contribution in [0.5, 0.6) is 0 Å². The second kappa shape index (κ2) is 6.30. The smallest absolute Gasteiger partial charge is 0.124 e. The summed E-state index contributed by atoms with van der Waals surface area (Å²) >= 11 is 11.8. The second-order valence-electron chi connectivity index (χ2n) is 3.80. The van der Waals surface area contributed by atoms with Crippen molar-refractivity contribution in [3.05, 3.63) is 62.2 Å². The van der Waals surface area contributed by atoms with Crippen molar-refractivity contribution in [3.63, 3.8) is 0 Å². The number of hydrogen-bond acceptors (Lipinski definition) is 1. The van der Waals surface area contributed by atoms with E-state index in [2.05, 4.69) is 43.5 Å². The van der Waals surface area contributed by atoms with E-state index in [1.807, 2.05) is 6.07 Å². The molecule has 1 unspecified atom stereocenters. The summed E-state index contributed by atoms with van der Waals surface area (Å²) in [5.41, 5.74) is 2.08. The molecule has 0 saturated heterocycles. The van der Waals surface area contributed by atoms with Crippen molar-refractivity contribution in [1.29, 1.82) is 0 Å². The molecule has 0 bridgehead atoms. The Kier molecular flexibility index (Phi) is 4.98. The summed E-state index contributed by atoms with van der Waals surface area (Å²) in [6, 6.07) is 6.69. The van der Waals surface area contributed by atoms with Crippen LogP contribution in [0.3, 0.4) is 0 Å². The Labute approximate surface area is 132 Å². The van der Waals surface area contributed by atoms with Gasteiger partial charge in [0.15, 0.2) is 0 Å². The first-order chi connectivity index (χ1) is 8.58. The number of halogens is 4. The Balaban J connectivity index is 2.22. The van der Waals surface area contributed by atoms with Gasteiger partial charge in [-0.25, -0.2) is 4.39 Å². The number of rotatable bonds is 3. The zero-order valence-corrected chi connectivity index (χ0v) is 13.7. The molecule has 1 aromatic carbocycles. The van der Waals surface area contributed by atoms with Crippen molar-refractivity contribution in [2.45, 2.75) is 11.2 Å². The van der Waals surface area contributed by atoms with Crippen molar-refractivity contribution >= 4 is 50.1 Å². The number of pyridine rings is 1. The summed E-state index contributed by atoms with van der Waals surface area (Å²) in [5.74, 6) is -0.218. The third kappa shape index (κ3) is 3.42. The zero-order valence-electron chi connectivity index (χ0n) is 9.21. The zero-order chi connectivity index (χ0) is 13.1. The third-order valence-corrected chi connectivity index (χ3v) is 4.65. The monoisotopic (exact) mass is 439 g/mol. The fourth-order valence-corrected chi connectivity index (χ4v) is 3.85. The van der Waals surface area contributed by atoms with Gasteiger partial charge in [-0.05, 0) is 58.3 Å². The predicted molar refractivity (Wildman–Crippen MR) is 83.7 cm³/mol. The largest absolute Gasteiger partial charge is 0.263 e. The number of aromatic nitrogens is 1. The molecule has 18 heavy (non-hydrogen) atoms. The van der Waals surface area contributed by atoms with E-state index in [0.717, 1.165) is 21.1 Å². The molecule has 0 fully saturated rings. The van der Waals surface area contributed by atoms with Gasteiger partial charge in [-0.15, -0.1) is 0 Å². The van der Waals surface area contributed by atoms with Crippen LogP contribution in [0, 0.1) is 9.39 Å². The Hall–Kier alpha value is -0.200. The second-order valence-corrected chi connectivity index (χ2v) is 6.48. The molecule has 0 N–H and O–H groups in total. The number of alkyl halides is 1. The fraction of sp³-hybridized carbons (Fsp3) is 0.154. The Bertz CT molecular complexity index is 564. The molecule has 5 heteroatoms. The third-order valence-electron chi connectivity index (χ3n) is 2.56. The maximum absolute atomic E-state index is 13.1. The first-order valence-corrected chi connectivity index (χ1v) is 7.62. The van der Waals surface area contributed by atoms with Gasteiger partial charge < -0.3 is 0 Å². The van der Waals surface area contributed by atoms with Crippen LogP contribution in [0.15, 0.2) is 36.7 Å². The highest BCUT2D eigenvalue weighted by Gasteiger charge is 2.14. The molecule has 0 aliphatic carbocycles. The van der Waals surface area contributed by atoms with Gasteiger partial charge in [-0.3, -0.25) is 4.98 Å². The molecule has 1 nitrogen and oxygen atoms in total. The molecule has 0 radical (unpaired) electrons. The lowest BCUT2D eigenvalue weighted by molar-refractivity contribution is 0.625. The summed E-state index contributed by atoms with van der Waals surface area (Å²) in [6.07, 6.45) is 4.09. The van der Waals surface area contributed by atoms with Crippen molar-refractivity contribution in [2.24, 2.45) is 0 Å². The van der Waals surface area contributed by atoms with Gasteiger partial charge in [0, 0.05) is 20.8 Å². The van der Waals surface area contributed by atoms with Gasteiger partial charge in [0.25, 0.3) is 0 Å². The van der Waals surface area contributed by atoms with E-state index in [4.69, 9.17) is 11.6 Å². The Morgan fingerprint density at radius 3 is 2.83 bits per heavy atom. The minimum absolute atomic E-state index is 0.102. The summed E-state index contributed by atoms with van der Waals surface area (Å²) in [5, 5.41) is 0.652. The van der Waals surface area contributed by atoms with Crippen LogP contribution in [-0.2, 0) is 6.42 Å². The minimum Gasteiger partial charge on any atom is -0.263 e. The maximum atomic E-state index is 13.1. The topological polar surface area (TPSA) is 12.9 Å². The molecule has 1 atom stereocenters. The van der Waals surface area contributed by atoms with Crippen LogP contribution >= 0.6 is 50.1 Å². The highest BCUT2D eigenvalue weighted by Crippen LogP contribution is 2.32. The molecule has 0 spiro atoms. The number of hydrogen-bond donors (Lipinski definition) is 0. The SMILES string of the molecule is Fc1ccc(C(Br)Cc2ccncc2Cl)c(I)c1. The lowest BCUT2D eigenvalue weighted by Gasteiger charge is -2.13. The van der Waals surface area contributed by atoms with Gasteiger partial charge in [0.2, 0.25) is 0 Å². The van der Waals surface area contributed by atoms with E-state index in [0.29, 0.717) is 5.02 Å². The minimum atomic E-state index is -0.218. The first-order valence-electron chi connectivity index (χ1n) is 5.25. The summed E-state index contributed by atoms with van der Waals surface area (Å²) in [6.45, 7) is 0. The molecule has 0 amide bonds. The molecular weight excluding hydrogens is 431 g/mol. The maximum Gasteiger partial charge on any atom is 0.124 e. The van der Waals surface area contributed by atoms with Crippen molar-refractivity contribution in [3.8, 4) is 0 Å². The summed E-state index contributed by atoms with van der Waals surface area (Å²) in [7, 11) is 0. The fourth-order valence-electron chi connectivity index (χ4n) is 1.63. The van der Waals surface area contributed by atoms with Crippen LogP contribution in [0.4, 0.5) is 4.39 Å². The first kappa shape index (κ1) is 14.2. The van der Waals surface area contributed by atoms with Gasteiger partial charge in [0.1, 0.15) is 5.82 Å². The van der Waals surface area contributed by atoms with Crippen molar-refractivity contribution in [2.75, 3.05) is 0 Å². The number of nitrogens with zero attached hydrogens (tertiary/aromatic N) is 1. The molecular formula is C13H9BrClFIN. The quantitative estimate of drug-likeness (QED) is 0.475. The number of benzene rings is 1. The predicted octanol–water partition coefficient (Wildman–Crippen LogP) is 5.16. The lowest BCUT2D eigenvalue weighted by atomic mass is 10.1. The molecule has 2 aromatic rings. The standard InChI is InChI=1S/C13H9BrClFIN/c14-11(5-8-3-4-18-7-12(8)15)10-2-1-9(16)6-13(10)17/h1-4,6-7,11H,5H2. The van der Waals surface area contributed by atoms with Gasteiger partial charge in [0.05, 0.1) is 5.02 Å². The van der Waals surface area contributed by atoms with E-state index in [1.165, 1.54) is 12.1 Å². The Morgan fingerprint density at radius 2 is 2.17 bits per heavy atom. The van der Waals surface area contributed by atoms with Crippen LogP contribution < -0.4 is 0 Å².